The Morgan fingerprint density at radius 2 is 1.97 bits per heavy atom. The van der Waals surface area contributed by atoms with Gasteiger partial charge in [0.1, 0.15) is 23.2 Å². The van der Waals surface area contributed by atoms with Gasteiger partial charge in [-0.25, -0.2) is 19.3 Å². The van der Waals surface area contributed by atoms with Crippen LogP contribution in [0.25, 0.3) is 21.5 Å². The molecule has 1 aliphatic heterocycles. The minimum absolute atomic E-state index is 0.0626. The fraction of sp³-hybridized carbons (Fsp3) is 0.250. The van der Waals surface area contributed by atoms with Gasteiger partial charge in [0.05, 0.1) is 10.4 Å². The number of halogens is 1. The fourth-order valence-corrected chi connectivity index (χ4v) is 4.76. The molecule has 174 valence electrons. The summed E-state index contributed by atoms with van der Waals surface area (Å²) >= 11 is 1.28. The Kier molecular flexibility index (Phi) is 6.33. The Hall–Kier alpha value is -3.63. The fourth-order valence-electron chi connectivity index (χ4n) is 3.82. The molecule has 0 saturated carbocycles. The topological polar surface area (TPSA) is 115 Å². The average molecular weight is 479 g/mol. The second kappa shape index (κ2) is 9.70. The molecule has 1 fully saturated rings. The number of carbonyl (C=O) groups is 1. The number of nitrogen functional groups attached to an aromatic ring is 1. The van der Waals surface area contributed by atoms with Crippen LogP contribution in [0.4, 0.5) is 10.3 Å². The summed E-state index contributed by atoms with van der Waals surface area (Å²) in [6.07, 6.45) is 3.45. The van der Waals surface area contributed by atoms with Crippen LogP contribution in [-0.4, -0.2) is 40.1 Å². The first-order valence-corrected chi connectivity index (χ1v) is 11.8. The number of ether oxygens (including phenoxy) is 1. The van der Waals surface area contributed by atoms with Crippen molar-refractivity contribution in [3.8, 4) is 17.0 Å². The number of aromatic nitrogens is 3. The number of hydrogen-bond acceptors (Lipinski definition) is 8. The summed E-state index contributed by atoms with van der Waals surface area (Å²) in [5.41, 5.74) is 8.71. The number of fused-ring (bicyclic) bond motifs is 1. The first-order valence-electron chi connectivity index (χ1n) is 11.0. The van der Waals surface area contributed by atoms with Crippen LogP contribution < -0.4 is 21.1 Å². The van der Waals surface area contributed by atoms with Crippen LogP contribution in [0.5, 0.6) is 5.75 Å². The SMILES string of the molecule is Nc1nccc(-c2cc(OC3CCNCC3)c3nc(C(=O)NCc4ccc(F)cc4)sc3c2)n1. The van der Waals surface area contributed by atoms with Gasteiger partial charge in [0.2, 0.25) is 5.95 Å². The highest BCUT2D eigenvalue weighted by atomic mass is 32.1. The molecule has 4 N–H and O–H groups in total. The molecular weight excluding hydrogens is 455 g/mol. The summed E-state index contributed by atoms with van der Waals surface area (Å²) in [5, 5.41) is 6.51. The largest absolute Gasteiger partial charge is 0.488 e. The molecule has 2 aromatic carbocycles. The van der Waals surface area contributed by atoms with E-state index in [0.29, 0.717) is 22.0 Å². The highest BCUT2D eigenvalue weighted by Gasteiger charge is 2.21. The van der Waals surface area contributed by atoms with Crippen LogP contribution >= 0.6 is 11.3 Å². The number of benzene rings is 2. The first kappa shape index (κ1) is 22.2. The van der Waals surface area contributed by atoms with Gasteiger partial charge in [0.15, 0.2) is 5.01 Å². The molecule has 2 aromatic heterocycles. The van der Waals surface area contributed by atoms with E-state index in [9.17, 15) is 9.18 Å². The molecule has 0 atom stereocenters. The van der Waals surface area contributed by atoms with Crippen LogP contribution in [0.3, 0.4) is 0 Å². The van der Waals surface area contributed by atoms with E-state index in [1.165, 1.54) is 23.5 Å². The molecule has 10 heteroatoms. The molecule has 0 bridgehead atoms. The molecule has 1 aliphatic rings. The van der Waals surface area contributed by atoms with Crippen LogP contribution in [0.1, 0.15) is 28.2 Å². The standard InChI is InChI=1S/C24H23FN6O2S/c25-16-3-1-14(2-4-16)13-29-22(32)23-31-21-19(33-17-5-8-27-9-6-17)11-15(12-20(21)34-23)18-7-10-28-24(26)30-18/h1-4,7,10-12,17,27H,5-6,8-9,13H2,(H,29,32)(H2,26,28,30). The van der Waals surface area contributed by atoms with E-state index in [1.807, 2.05) is 12.1 Å². The summed E-state index contributed by atoms with van der Waals surface area (Å²) in [7, 11) is 0. The minimum Gasteiger partial charge on any atom is -0.488 e. The molecule has 1 saturated heterocycles. The maximum atomic E-state index is 13.1. The van der Waals surface area contributed by atoms with Crippen molar-refractivity contribution in [3.63, 3.8) is 0 Å². The molecule has 0 unspecified atom stereocenters. The van der Waals surface area contributed by atoms with Gasteiger partial charge in [0.25, 0.3) is 5.91 Å². The van der Waals surface area contributed by atoms with Crippen LogP contribution in [-0.2, 0) is 6.54 Å². The van der Waals surface area contributed by atoms with Crippen molar-refractivity contribution in [1.29, 1.82) is 0 Å². The number of nitrogens with two attached hydrogens (primary N) is 1. The van der Waals surface area contributed by atoms with E-state index in [-0.39, 0.29) is 30.3 Å². The maximum absolute atomic E-state index is 13.1. The Morgan fingerprint density at radius 1 is 1.18 bits per heavy atom. The van der Waals surface area contributed by atoms with Crippen molar-refractivity contribution < 1.29 is 13.9 Å². The quantitative estimate of drug-likeness (QED) is 0.388. The van der Waals surface area contributed by atoms with E-state index < -0.39 is 0 Å². The summed E-state index contributed by atoms with van der Waals surface area (Å²) < 4.78 is 20.3. The first-order chi connectivity index (χ1) is 16.5. The van der Waals surface area contributed by atoms with Crippen LogP contribution in [0, 0.1) is 5.82 Å². The Balaban J connectivity index is 1.46. The summed E-state index contributed by atoms with van der Waals surface area (Å²) in [6, 6.07) is 11.6. The van der Waals surface area contributed by atoms with Gasteiger partial charge in [-0.05, 0) is 61.8 Å². The molecule has 1 amide bonds. The predicted octanol–water partition coefficient (Wildman–Crippen LogP) is 3.54. The third kappa shape index (κ3) is 4.97. The molecular formula is C24H23FN6O2S. The van der Waals surface area contributed by atoms with Crippen molar-refractivity contribution >= 4 is 33.4 Å². The summed E-state index contributed by atoms with van der Waals surface area (Å²) in [4.78, 5) is 25.7. The Morgan fingerprint density at radius 3 is 2.74 bits per heavy atom. The van der Waals surface area contributed by atoms with Crippen molar-refractivity contribution in [1.82, 2.24) is 25.6 Å². The molecule has 8 nitrogen and oxygen atoms in total. The molecule has 3 heterocycles. The third-order valence-electron chi connectivity index (χ3n) is 5.57. The number of anilines is 1. The van der Waals surface area contributed by atoms with Gasteiger partial charge >= 0.3 is 0 Å². The second-order valence-corrected chi connectivity index (χ2v) is 9.05. The third-order valence-corrected chi connectivity index (χ3v) is 6.57. The zero-order chi connectivity index (χ0) is 23.5. The smallest absolute Gasteiger partial charge is 0.280 e. The lowest BCUT2D eigenvalue weighted by Crippen LogP contribution is -2.34. The lowest BCUT2D eigenvalue weighted by Gasteiger charge is -2.24. The van der Waals surface area contributed by atoms with Gasteiger partial charge in [-0.15, -0.1) is 11.3 Å². The van der Waals surface area contributed by atoms with Crippen molar-refractivity contribution in [2.24, 2.45) is 0 Å². The number of nitrogens with zero attached hydrogens (tertiary/aromatic N) is 3. The molecule has 4 aromatic rings. The van der Waals surface area contributed by atoms with Gasteiger partial charge in [-0.2, -0.15) is 0 Å². The average Bonchev–Trinajstić information content (AvgIpc) is 3.29. The van der Waals surface area contributed by atoms with Gasteiger partial charge < -0.3 is 21.1 Å². The Labute approximate surface area is 199 Å². The van der Waals surface area contributed by atoms with Crippen molar-refractivity contribution in [3.05, 3.63) is 65.0 Å². The highest BCUT2D eigenvalue weighted by molar-refractivity contribution is 7.20. The zero-order valence-corrected chi connectivity index (χ0v) is 19.1. The van der Waals surface area contributed by atoms with Crippen LogP contribution in [0.15, 0.2) is 48.7 Å². The van der Waals surface area contributed by atoms with E-state index in [2.05, 4.69) is 25.6 Å². The second-order valence-electron chi connectivity index (χ2n) is 8.02. The van der Waals surface area contributed by atoms with E-state index >= 15 is 0 Å². The van der Waals surface area contributed by atoms with Crippen LogP contribution in [0.2, 0.25) is 0 Å². The summed E-state index contributed by atoms with van der Waals surface area (Å²) in [6.45, 7) is 2.06. The number of thiazole rings is 1. The van der Waals surface area contributed by atoms with Crippen molar-refractivity contribution in [2.45, 2.75) is 25.5 Å². The lowest BCUT2D eigenvalue weighted by molar-refractivity contribution is 0.0950. The van der Waals surface area contributed by atoms with Gasteiger partial charge in [0, 0.05) is 18.3 Å². The molecule has 0 radical (unpaired) electrons. The molecule has 0 aliphatic carbocycles. The predicted molar refractivity (Wildman–Crippen MR) is 129 cm³/mol. The normalized spacial score (nSPS) is 14.3. The van der Waals surface area contributed by atoms with E-state index in [1.54, 1.807) is 24.4 Å². The number of amides is 1. The van der Waals surface area contributed by atoms with Crippen molar-refractivity contribution in [2.75, 3.05) is 18.8 Å². The molecule has 5 rings (SSSR count). The maximum Gasteiger partial charge on any atom is 0.280 e. The Bertz CT molecular complexity index is 1320. The summed E-state index contributed by atoms with van der Waals surface area (Å²) in [5.74, 6) is 0.184. The number of carbonyl (C=O) groups excluding carboxylic acids is 1. The number of nitrogens with one attached hydrogen (secondary N) is 2. The monoisotopic (exact) mass is 478 g/mol. The van der Waals surface area contributed by atoms with E-state index in [4.69, 9.17) is 10.5 Å². The minimum atomic E-state index is -0.316. The van der Waals surface area contributed by atoms with E-state index in [0.717, 1.165) is 41.8 Å². The number of rotatable bonds is 6. The number of piperidine rings is 1. The molecule has 0 spiro atoms. The lowest BCUT2D eigenvalue weighted by atomic mass is 10.1. The number of hydrogen-bond donors (Lipinski definition) is 3. The highest BCUT2D eigenvalue weighted by Crippen LogP contribution is 2.36. The zero-order valence-electron chi connectivity index (χ0n) is 18.3. The van der Waals surface area contributed by atoms with Gasteiger partial charge in [-0.1, -0.05) is 12.1 Å². The van der Waals surface area contributed by atoms with Gasteiger partial charge in [-0.3, -0.25) is 4.79 Å². The molecule has 34 heavy (non-hydrogen) atoms.